The number of nitrogens with zero attached hydrogens (tertiary/aromatic N) is 1. The molecule has 34 heavy (non-hydrogen) atoms. The molecule has 0 aliphatic heterocycles. The highest BCUT2D eigenvalue weighted by atomic mass is 31.1. The first-order chi connectivity index (χ1) is 16.7. The van der Waals surface area contributed by atoms with Gasteiger partial charge in [-0.1, -0.05) is 127 Å². The molecule has 0 atom stereocenters. The number of benzene rings is 5. The van der Waals surface area contributed by atoms with Crippen LogP contribution in [-0.4, -0.2) is 5.84 Å². The normalized spacial score (nSPS) is 11.7. The molecule has 0 aliphatic carbocycles. The molecule has 0 radical (unpaired) electrons. The maximum absolute atomic E-state index is 5.30. The molecule has 0 aromatic heterocycles. The van der Waals surface area contributed by atoms with Gasteiger partial charge in [-0.3, -0.25) is 0 Å². The monoisotopic (exact) mass is 458 g/mol. The van der Waals surface area contributed by atoms with E-state index in [1.165, 1.54) is 21.6 Å². The zero-order valence-corrected chi connectivity index (χ0v) is 20.3. The molecule has 1 N–H and O–H groups in total. The van der Waals surface area contributed by atoms with E-state index < -0.39 is 8.07 Å². The summed E-state index contributed by atoms with van der Waals surface area (Å²) in [5.41, 5.74) is 4.49. The van der Waals surface area contributed by atoms with Gasteiger partial charge in [0.15, 0.2) is 0 Å². The number of aryl methyl sites for hydroxylation is 2. The molecule has 5 aromatic rings. The third-order valence-corrected chi connectivity index (χ3v) is 7.96. The Bertz CT molecular complexity index is 1390. The standard InChI is InChI=1S/C31H27N2P/c1-23-17-20-26(21-18-23)31(32-30-24(2)19-22-25-11-9-10-16-29(25)30)33-34(27-12-5-3-6-13-27)28-14-7-4-8-15-28/h3-22H,1-2H3,(H,32,33). The van der Waals surface area contributed by atoms with E-state index in [1.54, 1.807) is 0 Å². The van der Waals surface area contributed by atoms with Crippen LogP contribution in [0.1, 0.15) is 16.7 Å². The Morgan fingerprint density at radius 3 is 1.85 bits per heavy atom. The zero-order valence-electron chi connectivity index (χ0n) is 19.4. The van der Waals surface area contributed by atoms with E-state index in [2.05, 4.69) is 140 Å². The molecule has 0 amide bonds. The van der Waals surface area contributed by atoms with E-state index in [4.69, 9.17) is 4.99 Å². The van der Waals surface area contributed by atoms with Crippen molar-refractivity contribution in [1.82, 2.24) is 5.09 Å². The van der Waals surface area contributed by atoms with Gasteiger partial charge in [-0.15, -0.1) is 0 Å². The highest BCUT2D eigenvalue weighted by molar-refractivity contribution is 7.71. The molecule has 5 aromatic carbocycles. The molecule has 3 heteroatoms. The highest BCUT2D eigenvalue weighted by Crippen LogP contribution is 2.33. The van der Waals surface area contributed by atoms with Crippen LogP contribution in [0.5, 0.6) is 0 Å². The van der Waals surface area contributed by atoms with Gasteiger partial charge in [-0.05, 0) is 24.8 Å². The molecule has 0 fully saturated rings. The number of rotatable bonds is 5. The maximum Gasteiger partial charge on any atom is 0.137 e. The van der Waals surface area contributed by atoms with Crippen molar-refractivity contribution < 1.29 is 0 Å². The summed E-state index contributed by atoms with van der Waals surface area (Å²) in [7, 11) is -0.851. The van der Waals surface area contributed by atoms with Gasteiger partial charge in [0.2, 0.25) is 0 Å². The maximum atomic E-state index is 5.30. The first-order valence-electron chi connectivity index (χ1n) is 11.5. The lowest BCUT2D eigenvalue weighted by atomic mass is 10.0. The van der Waals surface area contributed by atoms with E-state index in [9.17, 15) is 0 Å². The Balaban J connectivity index is 1.68. The van der Waals surface area contributed by atoms with Gasteiger partial charge in [0.25, 0.3) is 0 Å². The quantitative estimate of drug-likeness (QED) is 0.168. The van der Waals surface area contributed by atoms with Gasteiger partial charge < -0.3 is 5.09 Å². The van der Waals surface area contributed by atoms with Crippen LogP contribution in [0.3, 0.4) is 0 Å². The van der Waals surface area contributed by atoms with Crippen LogP contribution in [-0.2, 0) is 0 Å². The molecule has 0 saturated carbocycles. The van der Waals surface area contributed by atoms with Crippen molar-refractivity contribution >= 4 is 41.0 Å². The zero-order chi connectivity index (χ0) is 23.3. The average molecular weight is 459 g/mol. The van der Waals surface area contributed by atoms with E-state index >= 15 is 0 Å². The van der Waals surface area contributed by atoms with Crippen LogP contribution < -0.4 is 15.7 Å². The molecular formula is C31H27N2P. The number of hydrogen-bond acceptors (Lipinski definition) is 1. The predicted octanol–water partition coefficient (Wildman–Crippen LogP) is 7.17. The summed E-state index contributed by atoms with van der Waals surface area (Å²) in [5.74, 6) is 0.887. The average Bonchev–Trinajstić information content (AvgIpc) is 2.89. The molecule has 0 spiro atoms. The lowest BCUT2D eigenvalue weighted by Crippen LogP contribution is -2.29. The number of hydrogen-bond donors (Lipinski definition) is 1. The molecular weight excluding hydrogens is 431 g/mol. The summed E-state index contributed by atoms with van der Waals surface area (Å²) in [6.07, 6.45) is 0. The van der Waals surface area contributed by atoms with Gasteiger partial charge in [0.05, 0.1) is 13.8 Å². The number of fused-ring (bicyclic) bond motifs is 1. The van der Waals surface area contributed by atoms with E-state index in [1.807, 2.05) is 0 Å². The minimum atomic E-state index is -0.851. The predicted molar refractivity (Wildman–Crippen MR) is 148 cm³/mol. The molecule has 0 heterocycles. The lowest BCUT2D eigenvalue weighted by Gasteiger charge is -2.23. The van der Waals surface area contributed by atoms with E-state index in [0.29, 0.717) is 0 Å². The highest BCUT2D eigenvalue weighted by Gasteiger charge is 2.18. The Morgan fingerprint density at radius 2 is 1.21 bits per heavy atom. The second kappa shape index (κ2) is 10.0. The number of nitrogens with one attached hydrogen (secondary N) is 1. The molecule has 5 rings (SSSR count). The molecule has 0 aliphatic rings. The third kappa shape index (κ3) is 4.78. The fraction of sp³-hybridized carbons (Fsp3) is 0.0645. The fourth-order valence-corrected chi connectivity index (χ4v) is 5.92. The lowest BCUT2D eigenvalue weighted by molar-refractivity contribution is 1.35. The summed E-state index contributed by atoms with van der Waals surface area (Å²) in [6.45, 7) is 4.25. The molecule has 0 bridgehead atoms. The molecule has 0 saturated heterocycles. The minimum Gasteiger partial charge on any atom is -0.341 e. The second-order valence-electron chi connectivity index (χ2n) is 8.40. The summed E-state index contributed by atoms with van der Waals surface area (Å²) in [5, 5.41) is 8.76. The molecule has 2 nitrogen and oxygen atoms in total. The van der Waals surface area contributed by atoms with Gasteiger partial charge >= 0.3 is 0 Å². The minimum absolute atomic E-state index is 0.851. The van der Waals surface area contributed by atoms with E-state index in [0.717, 1.165) is 28.0 Å². The Hall–Kier alpha value is -3.74. The van der Waals surface area contributed by atoms with Crippen LogP contribution in [0.2, 0.25) is 0 Å². The summed E-state index contributed by atoms with van der Waals surface area (Å²) in [6, 6.07) is 42.7. The van der Waals surface area contributed by atoms with Crippen molar-refractivity contribution in [2.75, 3.05) is 0 Å². The van der Waals surface area contributed by atoms with Gasteiger partial charge in [0.1, 0.15) is 5.84 Å². The first kappa shape index (κ1) is 22.1. The number of aliphatic imine (C=N–C) groups is 1. The van der Waals surface area contributed by atoms with Crippen molar-refractivity contribution in [3.8, 4) is 0 Å². The van der Waals surface area contributed by atoms with Crippen LogP contribution in [0.25, 0.3) is 10.8 Å². The van der Waals surface area contributed by atoms with Crippen LogP contribution in [0, 0.1) is 13.8 Å². The Kier molecular flexibility index (Phi) is 6.51. The largest absolute Gasteiger partial charge is 0.341 e. The Labute approximate surface area is 202 Å². The van der Waals surface area contributed by atoms with Crippen molar-refractivity contribution in [2.45, 2.75) is 13.8 Å². The SMILES string of the molecule is Cc1ccc(C(=Nc2c(C)ccc3ccccc23)NP(c2ccccc2)c2ccccc2)cc1. The van der Waals surface area contributed by atoms with Crippen molar-refractivity contribution in [3.05, 3.63) is 138 Å². The van der Waals surface area contributed by atoms with Crippen LogP contribution in [0.15, 0.2) is 126 Å². The van der Waals surface area contributed by atoms with Crippen molar-refractivity contribution in [3.63, 3.8) is 0 Å². The van der Waals surface area contributed by atoms with Gasteiger partial charge in [-0.2, -0.15) is 0 Å². The van der Waals surface area contributed by atoms with Gasteiger partial charge in [-0.25, -0.2) is 4.99 Å². The topological polar surface area (TPSA) is 24.4 Å². The fourth-order valence-electron chi connectivity index (χ4n) is 4.03. The summed E-state index contributed by atoms with van der Waals surface area (Å²) >= 11 is 0. The molecule has 166 valence electrons. The summed E-state index contributed by atoms with van der Waals surface area (Å²) < 4.78 is 0. The van der Waals surface area contributed by atoms with E-state index in [-0.39, 0.29) is 0 Å². The summed E-state index contributed by atoms with van der Waals surface area (Å²) in [4.78, 5) is 5.30. The molecule has 0 unspecified atom stereocenters. The van der Waals surface area contributed by atoms with Crippen LogP contribution in [0.4, 0.5) is 5.69 Å². The van der Waals surface area contributed by atoms with Crippen molar-refractivity contribution in [1.29, 1.82) is 0 Å². The van der Waals surface area contributed by atoms with Crippen molar-refractivity contribution in [2.24, 2.45) is 4.99 Å². The number of amidine groups is 1. The smallest absolute Gasteiger partial charge is 0.137 e. The Morgan fingerprint density at radius 1 is 0.618 bits per heavy atom. The van der Waals surface area contributed by atoms with Crippen LogP contribution >= 0.6 is 8.07 Å². The van der Waals surface area contributed by atoms with Gasteiger partial charge in [0, 0.05) is 21.6 Å². The first-order valence-corrected chi connectivity index (χ1v) is 12.8. The third-order valence-electron chi connectivity index (χ3n) is 5.90. The second-order valence-corrected chi connectivity index (χ2v) is 10.3.